The van der Waals surface area contributed by atoms with E-state index in [1.807, 2.05) is 67.4 Å². The second kappa shape index (κ2) is 9.41. The summed E-state index contributed by atoms with van der Waals surface area (Å²) in [5, 5.41) is 11.5. The molecule has 0 bridgehead atoms. The second-order valence-corrected chi connectivity index (χ2v) is 9.15. The van der Waals surface area contributed by atoms with Crippen LogP contribution in [0.25, 0.3) is 5.76 Å². The highest BCUT2D eigenvalue weighted by Gasteiger charge is 2.46. The molecule has 1 amide bonds. The van der Waals surface area contributed by atoms with Crippen molar-refractivity contribution in [2.45, 2.75) is 19.5 Å². The smallest absolute Gasteiger partial charge is 0.295 e. The molecule has 0 aromatic heterocycles. The molecule has 2 heterocycles. The fourth-order valence-corrected chi connectivity index (χ4v) is 4.85. The fourth-order valence-electron chi connectivity index (χ4n) is 4.85. The van der Waals surface area contributed by atoms with E-state index in [1.165, 1.54) is 4.90 Å². The SMILES string of the molecule is COc1cccc(CN2C(=O)C(=O)/C(=C(\O)c3ccc4c(c3)N(C)CCO4)C2c2cccc(C)c2)c1. The van der Waals surface area contributed by atoms with E-state index in [9.17, 15) is 14.7 Å². The van der Waals surface area contributed by atoms with E-state index in [4.69, 9.17) is 9.47 Å². The fraction of sp³-hybridized carbons (Fsp3) is 0.241. The van der Waals surface area contributed by atoms with Gasteiger partial charge in [0, 0.05) is 19.2 Å². The Balaban J connectivity index is 1.63. The number of ketones is 1. The molecule has 0 radical (unpaired) electrons. The van der Waals surface area contributed by atoms with Gasteiger partial charge in [0.2, 0.25) is 0 Å². The van der Waals surface area contributed by atoms with Crippen molar-refractivity contribution in [1.82, 2.24) is 4.90 Å². The number of anilines is 1. The molecule has 3 aromatic carbocycles. The van der Waals surface area contributed by atoms with Gasteiger partial charge in [0.15, 0.2) is 0 Å². The summed E-state index contributed by atoms with van der Waals surface area (Å²) in [6.45, 7) is 3.44. The molecule has 1 atom stereocenters. The van der Waals surface area contributed by atoms with Crippen molar-refractivity contribution in [3.8, 4) is 11.5 Å². The van der Waals surface area contributed by atoms with Crippen LogP contribution in [0.15, 0.2) is 72.3 Å². The summed E-state index contributed by atoms with van der Waals surface area (Å²) < 4.78 is 11.1. The van der Waals surface area contributed by atoms with Crippen LogP contribution in [-0.4, -0.2) is 49.0 Å². The molecule has 3 aromatic rings. The number of carbonyl (C=O) groups is 2. The van der Waals surface area contributed by atoms with Crippen LogP contribution in [0, 0.1) is 6.92 Å². The minimum Gasteiger partial charge on any atom is -0.507 e. The van der Waals surface area contributed by atoms with Crippen LogP contribution in [0.5, 0.6) is 11.5 Å². The number of aryl methyl sites for hydroxylation is 1. The molecule has 2 aliphatic rings. The molecular weight excluding hydrogens is 456 g/mol. The van der Waals surface area contributed by atoms with Crippen LogP contribution in [0.1, 0.15) is 28.3 Å². The predicted octanol–water partition coefficient (Wildman–Crippen LogP) is 4.45. The van der Waals surface area contributed by atoms with Gasteiger partial charge in [-0.05, 0) is 48.4 Å². The number of aliphatic hydroxyl groups excluding tert-OH is 1. The van der Waals surface area contributed by atoms with Gasteiger partial charge in [-0.2, -0.15) is 0 Å². The van der Waals surface area contributed by atoms with Crippen molar-refractivity contribution < 1.29 is 24.2 Å². The van der Waals surface area contributed by atoms with E-state index < -0.39 is 17.7 Å². The zero-order valence-corrected chi connectivity index (χ0v) is 20.5. The van der Waals surface area contributed by atoms with Gasteiger partial charge in [0.1, 0.15) is 23.9 Å². The summed E-state index contributed by atoms with van der Waals surface area (Å²) in [6.07, 6.45) is 0. The first-order valence-corrected chi connectivity index (χ1v) is 11.8. The molecule has 5 rings (SSSR count). The van der Waals surface area contributed by atoms with Crippen LogP contribution in [0.3, 0.4) is 0 Å². The van der Waals surface area contributed by atoms with Crippen LogP contribution in [0.4, 0.5) is 5.69 Å². The average molecular weight is 485 g/mol. The first-order chi connectivity index (χ1) is 17.4. The number of amides is 1. The Bertz CT molecular complexity index is 1380. The van der Waals surface area contributed by atoms with Gasteiger partial charge in [-0.3, -0.25) is 9.59 Å². The molecule has 0 aliphatic carbocycles. The molecule has 1 unspecified atom stereocenters. The van der Waals surface area contributed by atoms with E-state index in [2.05, 4.69) is 0 Å². The van der Waals surface area contributed by atoms with Crippen molar-refractivity contribution in [2.24, 2.45) is 0 Å². The molecule has 1 saturated heterocycles. The summed E-state index contributed by atoms with van der Waals surface area (Å²) in [5.74, 6) is -0.172. The standard InChI is InChI=1S/C29H28N2O5/c1-18-6-4-8-20(14-18)26-25(27(32)21-10-11-24-23(16-21)30(2)12-13-36-24)28(33)29(34)31(26)17-19-7-5-9-22(15-19)35-3/h4-11,14-16,26,32H,12-13,17H2,1-3H3/b27-25-. The van der Waals surface area contributed by atoms with Crippen LogP contribution in [0.2, 0.25) is 0 Å². The molecule has 7 nitrogen and oxygen atoms in total. The minimum absolute atomic E-state index is 0.0767. The van der Waals surface area contributed by atoms with Gasteiger partial charge in [-0.25, -0.2) is 0 Å². The van der Waals surface area contributed by atoms with Crippen molar-refractivity contribution >= 4 is 23.1 Å². The number of benzene rings is 3. The molecule has 0 spiro atoms. The lowest BCUT2D eigenvalue weighted by atomic mass is 9.94. The molecule has 1 N–H and O–H groups in total. The van der Waals surface area contributed by atoms with Crippen molar-refractivity contribution in [2.75, 3.05) is 32.2 Å². The van der Waals surface area contributed by atoms with Gasteiger partial charge < -0.3 is 24.4 Å². The third-order valence-corrected chi connectivity index (χ3v) is 6.71. The third-order valence-electron chi connectivity index (χ3n) is 6.71. The zero-order valence-electron chi connectivity index (χ0n) is 20.5. The number of aliphatic hydroxyl groups is 1. The normalized spacial score (nSPS) is 18.7. The molecule has 1 fully saturated rings. The Hall–Kier alpha value is -4.26. The average Bonchev–Trinajstić information content (AvgIpc) is 3.13. The van der Waals surface area contributed by atoms with Gasteiger partial charge in [0.05, 0.1) is 31.0 Å². The molecule has 2 aliphatic heterocycles. The number of likely N-dealkylation sites (tertiary alicyclic amines) is 1. The van der Waals surface area contributed by atoms with Crippen LogP contribution in [-0.2, 0) is 16.1 Å². The lowest BCUT2D eigenvalue weighted by molar-refractivity contribution is -0.140. The third kappa shape index (κ3) is 4.17. The largest absolute Gasteiger partial charge is 0.507 e. The lowest BCUT2D eigenvalue weighted by Gasteiger charge is -2.28. The number of methoxy groups -OCH3 is 1. The first-order valence-electron chi connectivity index (χ1n) is 11.8. The van der Waals surface area contributed by atoms with Crippen molar-refractivity contribution in [3.63, 3.8) is 0 Å². The van der Waals surface area contributed by atoms with E-state index in [0.717, 1.165) is 22.4 Å². The number of hydrogen-bond acceptors (Lipinski definition) is 6. The Morgan fingerprint density at radius 1 is 1.08 bits per heavy atom. The molecule has 0 saturated carbocycles. The number of fused-ring (bicyclic) bond motifs is 1. The van der Waals surface area contributed by atoms with E-state index in [-0.39, 0.29) is 17.9 Å². The lowest BCUT2D eigenvalue weighted by Crippen LogP contribution is -2.29. The zero-order chi connectivity index (χ0) is 25.4. The maximum atomic E-state index is 13.4. The number of ether oxygens (including phenoxy) is 2. The highest BCUT2D eigenvalue weighted by molar-refractivity contribution is 6.46. The Morgan fingerprint density at radius 3 is 2.67 bits per heavy atom. The number of nitrogens with zero attached hydrogens (tertiary/aromatic N) is 2. The molecule has 184 valence electrons. The summed E-state index contributed by atoms with van der Waals surface area (Å²) in [4.78, 5) is 30.3. The summed E-state index contributed by atoms with van der Waals surface area (Å²) in [6, 6.07) is 19.6. The number of Topliss-reactive ketones (excluding diaryl/α,β-unsaturated/α-hetero) is 1. The van der Waals surface area contributed by atoms with Gasteiger partial charge >= 0.3 is 0 Å². The van der Waals surface area contributed by atoms with Crippen LogP contribution < -0.4 is 14.4 Å². The number of hydrogen-bond donors (Lipinski definition) is 1. The maximum absolute atomic E-state index is 13.4. The Labute approximate surface area is 210 Å². The van der Waals surface area contributed by atoms with Crippen molar-refractivity contribution in [3.05, 3.63) is 94.6 Å². The maximum Gasteiger partial charge on any atom is 0.295 e. The summed E-state index contributed by atoms with van der Waals surface area (Å²) in [7, 11) is 3.53. The van der Waals surface area contributed by atoms with Gasteiger partial charge in [0.25, 0.3) is 11.7 Å². The number of likely N-dealkylation sites (N-methyl/N-ethyl adjacent to an activating group) is 1. The van der Waals surface area contributed by atoms with E-state index in [1.54, 1.807) is 25.3 Å². The quantitative estimate of drug-likeness (QED) is 0.327. The minimum atomic E-state index is -0.735. The van der Waals surface area contributed by atoms with E-state index >= 15 is 0 Å². The van der Waals surface area contributed by atoms with Crippen molar-refractivity contribution in [1.29, 1.82) is 0 Å². The van der Waals surface area contributed by atoms with E-state index in [0.29, 0.717) is 30.2 Å². The highest BCUT2D eigenvalue weighted by atomic mass is 16.5. The topological polar surface area (TPSA) is 79.3 Å². The van der Waals surface area contributed by atoms with Gasteiger partial charge in [-0.1, -0.05) is 42.0 Å². The predicted molar refractivity (Wildman–Crippen MR) is 137 cm³/mol. The summed E-state index contributed by atoms with van der Waals surface area (Å²) >= 11 is 0. The van der Waals surface area contributed by atoms with Crippen LogP contribution >= 0.6 is 0 Å². The Morgan fingerprint density at radius 2 is 1.89 bits per heavy atom. The molecular formula is C29H28N2O5. The molecule has 36 heavy (non-hydrogen) atoms. The summed E-state index contributed by atoms with van der Waals surface area (Å²) in [5.41, 5.74) is 3.93. The second-order valence-electron chi connectivity index (χ2n) is 9.15. The Kier molecular flexibility index (Phi) is 6.14. The number of carbonyl (C=O) groups excluding carboxylic acids is 2. The molecule has 7 heteroatoms. The first kappa shape index (κ1) is 23.5. The highest BCUT2D eigenvalue weighted by Crippen LogP contribution is 2.42. The monoisotopic (exact) mass is 484 g/mol. The number of rotatable bonds is 5. The van der Waals surface area contributed by atoms with Gasteiger partial charge in [-0.15, -0.1) is 0 Å².